The van der Waals surface area contributed by atoms with Crippen LogP contribution in [0.3, 0.4) is 0 Å². The van der Waals surface area contributed by atoms with Crippen molar-refractivity contribution in [1.82, 2.24) is 10.2 Å². The summed E-state index contributed by atoms with van der Waals surface area (Å²) in [6.45, 7) is 0.665. The van der Waals surface area contributed by atoms with Crippen LogP contribution in [-0.2, 0) is 22.6 Å². The summed E-state index contributed by atoms with van der Waals surface area (Å²) in [6, 6.07) is 21.7. The number of amides is 2. The predicted octanol–water partition coefficient (Wildman–Crippen LogP) is 1.88. The largest absolute Gasteiger partial charge is 0.381 e. The Morgan fingerprint density at radius 3 is 2.54 bits per heavy atom. The van der Waals surface area contributed by atoms with Crippen LogP contribution < -0.4 is 22.6 Å². The van der Waals surface area contributed by atoms with E-state index in [2.05, 4.69) is 34.7 Å². The first kappa shape index (κ1) is 24.4. The number of hydrogen-bond donors (Lipinski definition) is 4. The van der Waals surface area contributed by atoms with Crippen molar-refractivity contribution in [3.63, 3.8) is 0 Å². The molecule has 0 spiro atoms. The first-order valence-corrected chi connectivity index (χ1v) is 12.3. The highest BCUT2D eigenvalue weighted by atomic mass is 32.1. The van der Waals surface area contributed by atoms with Gasteiger partial charge in [-0.2, -0.15) is 5.10 Å². The number of benzene rings is 2. The lowest BCUT2D eigenvalue weighted by Gasteiger charge is -2.23. The molecule has 35 heavy (non-hydrogen) atoms. The molecule has 1 fully saturated rings. The average Bonchev–Trinajstić information content (AvgIpc) is 3.55. The molecule has 4 rings (SSSR count). The average molecular weight is 491 g/mol. The van der Waals surface area contributed by atoms with E-state index in [9.17, 15) is 9.59 Å². The summed E-state index contributed by atoms with van der Waals surface area (Å²) >= 11 is 1.41. The summed E-state index contributed by atoms with van der Waals surface area (Å²) in [6.07, 6.45) is 1.34. The maximum atomic E-state index is 13.2. The molecule has 1 unspecified atom stereocenters. The van der Waals surface area contributed by atoms with Crippen LogP contribution in [0.1, 0.15) is 38.8 Å². The van der Waals surface area contributed by atoms with Crippen LogP contribution in [0.5, 0.6) is 0 Å². The van der Waals surface area contributed by atoms with E-state index in [1.165, 1.54) is 28.0 Å². The maximum Gasteiger partial charge on any atom is 0.243 e. The third-order valence-corrected chi connectivity index (χ3v) is 7.43. The van der Waals surface area contributed by atoms with Crippen molar-refractivity contribution in [1.29, 1.82) is 0 Å². The molecule has 1 aliphatic heterocycles. The summed E-state index contributed by atoms with van der Waals surface area (Å²) < 4.78 is 0. The molecule has 2 amide bonds. The van der Waals surface area contributed by atoms with Gasteiger partial charge >= 0.3 is 0 Å². The monoisotopic (exact) mass is 490 g/mol. The number of nitrogens with one attached hydrogen (secondary N) is 1. The first-order valence-electron chi connectivity index (χ1n) is 11.5. The van der Waals surface area contributed by atoms with Gasteiger partial charge in [0.15, 0.2) is 5.84 Å². The third kappa shape index (κ3) is 5.70. The highest BCUT2D eigenvalue weighted by molar-refractivity contribution is 7.14. The van der Waals surface area contributed by atoms with Gasteiger partial charge in [-0.25, -0.2) is 0 Å². The summed E-state index contributed by atoms with van der Waals surface area (Å²) in [5.41, 5.74) is 15.0. The number of hydrogen-bond acceptors (Lipinski definition) is 6. The van der Waals surface area contributed by atoms with E-state index >= 15 is 0 Å². The molecule has 3 aromatic rings. The number of nitrogens with zero attached hydrogens (tertiary/aromatic N) is 2. The Morgan fingerprint density at radius 1 is 1.06 bits per heavy atom. The lowest BCUT2D eigenvalue weighted by Crippen LogP contribution is -2.47. The Morgan fingerprint density at radius 2 is 1.80 bits per heavy atom. The molecule has 8 nitrogen and oxygen atoms in total. The van der Waals surface area contributed by atoms with Crippen LogP contribution in [0.4, 0.5) is 0 Å². The Bertz CT molecular complexity index is 1210. The van der Waals surface area contributed by atoms with Gasteiger partial charge < -0.3 is 27.5 Å². The normalized spacial score (nSPS) is 18.0. The number of amidine groups is 1. The quantitative estimate of drug-likeness (QED) is 0.165. The Hall–Kier alpha value is -3.69. The fourth-order valence-corrected chi connectivity index (χ4v) is 5.43. The number of likely N-dealkylation sites (tertiary alicyclic amines) is 1. The fraction of sp³-hybridized carbons (Fsp3) is 0.269. The maximum absolute atomic E-state index is 13.2. The van der Waals surface area contributed by atoms with E-state index in [1.54, 1.807) is 4.90 Å². The first-order chi connectivity index (χ1) is 17.0. The van der Waals surface area contributed by atoms with E-state index in [0.717, 1.165) is 16.2 Å². The minimum absolute atomic E-state index is 0.0510. The van der Waals surface area contributed by atoms with Gasteiger partial charge in [-0.05, 0) is 41.7 Å². The molecule has 1 aliphatic rings. The summed E-state index contributed by atoms with van der Waals surface area (Å²) in [4.78, 5) is 29.1. The minimum Gasteiger partial charge on any atom is -0.381 e. The molecular weight excluding hydrogens is 460 g/mol. The van der Waals surface area contributed by atoms with Gasteiger partial charge in [-0.15, -0.1) is 11.3 Å². The molecule has 0 saturated carbocycles. The standard InChI is InChI=1S/C26H30N6O2S/c27-14-24(33)32-16-19(21-9-5-4-8-18(21)12-17-6-2-1-3-7-17)13-22(32)26(34)30-15-20-10-11-23(35-20)25(28)31-29/h1-11,19,22H,12-16,27,29H2,(H2,28,31)(H,30,34)/t19?,22-/m0/s1. The van der Waals surface area contributed by atoms with E-state index < -0.39 is 6.04 Å². The molecule has 2 heterocycles. The zero-order valence-electron chi connectivity index (χ0n) is 19.4. The van der Waals surface area contributed by atoms with Gasteiger partial charge in [-0.3, -0.25) is 9.59 Å². The van der Waals surface area contributed by atoms with Crippen molar-refractivity contribution in [2.75, 3.05) is 13.1 Å². The van der Waals surface area contributed by atoms with Gasteiger partial charge in [0.25, 0.3) is 0 Å². The van der Waals surface area contributed by atoms with Crippen LogP contribution >= 0.6 is 11.3 Å². The summed E-state index contributed by atoms with van der Waals surface area (Å²) in [5.74, 6) is 5.13. The molecule has 2 atom stereocenters. The van der Waals surface area contributed by atoms with Crippen molar-refractivity contribution in [2.45, 2.75) is 31.3 Å². The van der Waals surface area contributed by atoms with Crippen molar-refractivity contribution in [2.24, 2.45) is 22.4 Å². The van der Waals surface area contributed by atoms with Crippen LogP contribution in [-0.4, -0.2) is 41.7 Å². The third-order valence-electron chi connectivity index (χ3n) is 6.32. The highest BCUT2D eigenvalue weighted by Crippen LogP contribution is 2.34. The molecule has 1 saturated heterocycles. The summed E-state index contributed by atoms with van der Waals surface area (Å²) in [5, 5.41) is 6.47. The van der Waals surface area contributed by atoms with Crippen molar-refractivity contribution in [3.05, 3.63) is 93.2 Å². The molecule has 0 radical (unpaired) electrons. The van der Waals surface area contributed by atoms with E-state index in [-0.39, 0.29) is 30.1 Å². The zero-order valence-corrected chi connectivity index (χ0v) is 20.2. The molecule has 182 valence electrons. The van der Waals surface area contributed by atoms with Crippen LogP contribution in [0.2, 0.25) is 0 Å². The molecule has 2 aromatic carbocycles. The smallest absolute Gasteiger partial charge is 0.243 e. The van der Waals surface area contributed by atoms with E-state index in [0.29, 0.717) is 19.5 Å². The SMILES string of the molecule is NCC(=O)N1CC(c2ccccc2Cc2ccccc2)C[C@H]1C(=O)NCc1ccc(/C(N)=N\N)s1. The predicted molar refractivity (Wildman–Crippen MR) is 139 cm³/mol. The second-order valence-corrected chi connectivity index (χ2v) is 9.73. The Kier molecular flexibility index (Phi) is 7.79. The number of carbonyl (C=O) groups excluding carboxylic acids is 2. The van der Waals surface area contributed by atoms with Crippen LogP contribution in [0, 0.1) is 0 Å². The van der Waals surface area contributed by atoms with Crippen LogP contribution in [0.15, 0.2) is 71.8 Å². The van der Waals surface area contributed by atoms with Crippen molar-refractivity contribution >= 4 is 29.0 Å². The Balaban J connectivity index is 1.49. The van der Waals surface area contributed by atoms with Gasteiger partial charge in [0.2, 0.25) is 11.8 Å². The van der Waals surface area contributed by atoms with Crippen molar-refractivity contribution < 1.29 is 9.59 Å². The second-order valence-electron chi connectivity index (χ2n) is 8.56. The molecule has 7 N–H and O–H groups in total. The zero-order chi connectivity index (χ0) is 24.8. The number of carbonyl (C=O) groups is 2. The van der Waals surface area contributed by atoms with Gasteiger partial charge in [0, 0.05) is 17.3 Å². The second kappa shape index (κ2) is 11.2. The van der Waals surface area contributed by atoms with Crippen molar-refractivity contribution in [3.8, 4) is 0 Å². The number of nitrogens with two attached hydrogens (primary N) is 3. The number of hydrazone groups is 1. The topological polar surface area (TPSA) is 140 Å². The molecule has 1 aromatic heterocycles. The molecule has 9 heteroatoms. The highest BCUT2D eigenvalue weighted by Gasteiger charge is 2.40. The lowest BCUT2D eigenvalue weighted by atomic mass is 9.89. The molecule has 0 bridgehead atoms. The van der Waals surface area contributed by atoms with E-state index in [4.69, 9.17) is 17.3 Å². The van der Waals surface area contributed by atoms with Gasteiger partial charge in [0.05, 0.1) is 18.0 Å². The molecule has 0 aliphatic carbocycles. The fourth-order valence-electron chi connectivity index (χ4n) is 4.58. The Labute approximate surface area is 208 Å². The molecular formula is C26H30N6O2S. The number of thiophene rings is 1. The van der Waals surface area contributed by atoms with Gasteiger partial charge in [-0.1, -0.05) is 54.6 Å². The summed E-state index contributed by atoms with van der Waals surface area (Å²) in [7, 11) is 0. The van der Waals surface area contributed by atoms with Gasteiger partial charge in [0.1, 0.15) is 6.04 Å². The van der Waals surface area contributed by atoms with E-state index in [1.807, 2.05) is 42.5 Å². The lowest BCUT2D eigenvalue weighted by molar-refractivity contribution is -0.137. The van der Waals surface area contributed by atoms with Crippen LogP contribution in [0.25, 0.3) is 0 Å². The number of rotatable bonds is 8. The minimum atomic E-state index is -0.573.